The first-order chi connectivity index (χ1) is 50.0. The maximum Gasteiger partial charge on any atom is 0.293 e. The highest BCUT2D eigenvalue weighted by Crippen LogP contribution is 2.38. The van der Waals surface area contributed by atoms with Gasteiger partial charge in [0.15, 0.2) is 0 Å². The maximum absolute atomic E-state index is 14.2. The van der Waals surface area contributed by atoms with Crippen molar-refractivity contribution in [3.05, 3.63) is 159 Å². The zero-order valence-electron chi connectivity index (χ0n) is 56.8. The van der Waals surface area contributed by atoms with Crippen LogP contribution in [0.5, 0.6) is 17.2 Å². The number of piperazine rings is 1. The minimum atomic E-state index is -4.64. The van der Waals surface area contributed by atoms with Crippen molar-refractivity contribution < 1.29 is 75.3 Å². The van der Waals surface area contributed by atoms with Crippen molar-refractivity contribution >= 4 is 90.9 Å². The molecule has 28 nitrogen and oxygen atoms in total. The van der Waals surface area contributed by atoms with Crippen LogP contribution < -0.4 is 35.0 Å². The van der Waals surface area contributed by atoms with Gasteiger partial charge in [0.25, 0.3) is 33.4 Å². The summed E-state index contributed by atoms with van der Waals surface area (Å²) in [5, 5.41) is 22.1. The van der Waals surface area contributed by atoms with E-state index in [2.05, 4.69) is 46.5 Å². The zero-order valence-corrected chi connectivity index (χ0v) is 58.4. The molecule has 544 valence electrons. The number of aromatic nitrogens is 2. The third kappa shape index (κ3) is 18.6. The third-order valence-corrected chi connectivity index (χ3v) is 20.5. The van der Waals surface area contributed by atoms with Crippen molar-refractivity contribution in [2.45, 2.75) is 62.4 Å². The van der Waals surface area contributed by atoms with Crippen molar-refractivity contribution in [1.82, 2.24) is 34.7 Å². The van der Waals surface area contributed by atoms with E-state index in [1.54, 1.807) is 42.6 Å². The van der Waals surface area contributed by atoms with Crippen LogP contribution in [0.15, 0.2) is 126 Å². The number of carbonyl (C=O) groups excluding carboxylic acids is 6. The van der Waals surface area contributed by atoms with Gasteiger partial charge in [-0.15, -0.1) is 0 Å². The number of nitro groups is 1. The number of halogens is 1. The molecular weight excluding hydrogens is 1370 g/mol. The molecule has 5 aliphatic heterocycles. The number of benzene rings is 5. The summed E-state index contributed by atoms with van der Waals surface area (Å²) >= 11 is 6.38. The lowest BCUT2D eigenvalue weighted by Gasteiger charge is -2.37. The van der Waals surface area contributed by atoms with Crippen molar-refractivity contribution in [2.24, 2.45) is 11.8 Å². The molecule has 0 spiro atoms. The second-order valence-electron chi connectivity index (χ2n) is 25.7. The van der Waals surface area contributed by atoms with Crippen molar-refractivity contribution in [1.29, 1.82) is 0 Å². The van der Waals surface area contributed by atoms with Gasteiger partial charge in [-0.25, -0.2) is 18.1 Å². The van der Waals surface area contributed by atoms with Gasteiger partial charge in [-0.3, -0.25) is 54.0 Å². The molecule has 103 heavy (non-hydrogen) atoms. The monoisotopic (exact) mass is 1450 g/mol. The summed E-state index contributed by atoms with van der Waals surface area (Å²) < 4.78 is 71.1. The minimum Gasteiger partial charge on any atom is -0.493 e. The number of pyridine rings is 1. The standard InChI is InChI=1S/C73H82ClN11O17S/c74-52-9-7-50(8-10-52)56-3-2-6-64(101-47-49-18-25-83(26-19-49)67(87)22-33-97-35-37-99-39-40-100-38-36-98-34-24-75-61-5-1-4-58-68(61)73(91)84(72(58)90)62-15-16-66(86)79-71(62)89)59(56)46-81-27-29-82(30-28-81)53-11-13-57(65(42-53)102-54-41-51-17-23-76-69(51)78-45-54)70(88)80-103(94,95)55-12-14-60(63(43-55)85(92)93)77-44-48-20-31-96-32-21-48/h1-14,17,23,41-43,45,48-49,62,75,77H,15-16,18-22,24-40,44,46-47H2,(H,76,78)(H,80,88)(H,79,86,89). The number of nitro benzene ring substituents is 1. The first kappa shape index (κ1) is 73.2. The summed E-state index contributed by atoms with van der Waals surface area (Å²) in [4.78, 5) is 104. The van der Waals surface area contributed by atoms with Gasteiger partial charge in [0.05, 0.1) is 98.6 Å². The number of fused-ring (bicyclic) bond motifs is 2. The predicted molar refractivity (Wildman–Crippen MR) is 381 cm³/mol. The zero-order chi connectivity index (χ0) is 71.8. The molecule has 5 aromatic carbocycles. The van der Waals surface area contributed by atoms with Gasteiger partial charge < -0.3 is 58.6 Å². The molecule has 6 amide bonds. The quantitative estimate of drug-likeness (QED) is 0.0111. The number of carbonyl (C=O) groups is 6. The molecule has 0 radical (unpaired) electrons. The fourth-order valence-electron chi connectivity index (χ4n) is 13.2. The molecular formula is C73H82ClN11O17S. The number of H-pyrrole nitrogens is 1. The molecule has 4 fully saturated rings. The van der Waals surface area contributed by atoms with Crippen LogP contribution in [-0.4, -0.2) is 205 Å². The van der Waals surface area contributed by atoms with E-state index in [-0.39, 0.29) is 71.7 Å². The second kappa shape index (κ2) is 34.6. The Morgan fingerprint density at radius 2 is 1.44 bits per heavy atom. The summed E-state index contributed by atoms with van der Waals surface area (Å²) in [6, 6.07) is 29.7. The molecule has 2 aromatic heterocycles. The number of piperidine rings is 2. The normalized spacial score (nSPS) is 17.0. The number of nitrogens with one attached hydrogen (secondary N) is 5. The molecule has 4 saturated heterocycles. The average Bonchev–Trinajstić information content (AvgIpc) is 1.61. The summed E-state index contributed by atoms with van der Waals surface area (Å²) in [7, 11) is -4.64. The molecule has 0 bridgehead atoms. The highest BCUT2D eigenvalue weighted by molar-refractivity contribution is 7.90. The van der Waals surface area contributed by atoms with Gasteiger partial charge in [0.1, 0.15) is 34.6 Å². The average molecular weight is 1450 g/mol. The highest BCUT2D eigenvalue weighted by atomic mass is 35.5. The van der Waals surface area contributed by atoms with Gasteiger partial charge in [0, 0.05) is 124 Å². The number of nitrogens with zero attached hydrogens (tertiary/aromatic N) is 6. The Morgan fingerprint density at radius 1 is 0.718 bits per heavy atom. The van der Waals surface area contributed by atoms with Gasteiger partial charge in [0.2, 0.25) is 17.7 Å². The van der Waals surface area contributed by atoms with Crippen LogP contribution in [-0.2, 0) is 54.6 Å². The summed E-state index contributed by atoms with van der Waals surface area (Å²) in [6.45, 7) is 9.31. The number of amides is 6. The van der Waals surface area contributed by atoms with Crippen molar-refractivity contribution in [3.8, 4) is 28.4 Å². The Balaban J connectivity index is 0.572. The lowest BCUT2D eigenvalue weighted by molar-refractivity contribution is -0.384. The summed E-state index contributed by atoms with van der Waals surface area (Å²) in [5.74, 6) is -1.63. The van der Waals surface area contributed by atoms with E-state index in [1.807, 2.05) is 47.4 Å². The Labute approximate surface area is 600 Å². The van der Waals surface area contributed by atoms with Gasteiger partial charge in [-0.1, -0.05) is 41.9 Å². The van der Waals surface area contributed by atoms with E-state index < -0.39 is 61.1 Å². The molecule has 1 unspecified atom stereocenters. The summed E-state index contributed by atoms with van der Waals surface area (Å²) in [5.41, 5.74) is 4.83. The van der Waals surface area contributed by atoms with Crippen LogP contribution in [0, 0.1) is 22.0 Å². The molecule has 7 aromatic rings. The number of aromatic amines is 1. The molecule has 5 N–H and O–H groups in total. The van der Waals surface area contributed by atoms with Gasteiger partial charge in [-0.05, 0) is 122 Å². The topological polar surface area (TPSA) is 334 Å². The van der Waals surface area contributed by atoms with E-state index in [0.717, 1.165) is 70.2 Å². The van der Waals surface area contributed by atoms with Gasteiger partial charge in [-0.2, -0.15) is 0 Å². The van der Waals surface area contributed by atoms with Crippen LogP contribution in [0.25, 0.3) is 22.2 Å². The molecule has 5 aliphatic rings. The van der Waals surface area contributed by atoms with E-state index in [0.29, 0.717) is 147 Å². The second-order valence-corrected chi connectivity index (χ2v) is 27.8. The van der Waals surface area contributed by atoms with Crippen molar-refractivity contribution in [2.75, 3.05) is 141 Å². The fourth-order valence-corrected chi connectivity index (χ4v) is 14.3. The molecule has 1 atom stereocenters. The largest absolute Gasteiger partial charge is 0.493 e. The lowest BCUT2D eigenvalue weighted by atomic mass is 9.96. The number of ether oxygens (including phenoxy) is 7. The number of sulfonamides is 1. The van der Waals surface area contributed by atoms with Crippen LogP contribution in [0.3, 0.4) is 0 Å². The Hall–Kier alpha value is -9.59. The van der Waals surface area contributed by atoms with Crippen molar-refractivity contribution in [3.63, 3.8) is 0 Å². The highest BCUT2D eigenvalue weighted by Gasteiger charge is 2.46. The Morgan fingerprint density at radius 3 is 2.17 bits per heavy atom. The summed E-state index contributed by atoms with van der Waals surface area (Å²) in [6.07, 6.45) is 6.77. The van der Waals surface area contributed by atoms with Crippen LogP contribution in [0.1, 0.15) is 81.6 Å². The van der Waals surface area contributed by atoms with Crippen LogP contribution in [0.2, 0.25) is 5.02 Å². The van der Waals surface area contributed by atoms with Crippen LogP contribution in [0.4, 0.5) is 22.7 Å². The number of likely N-dealkylation sites (tertiary alicyclic amines) is 1. The Kier molecular flexibility index (Phi) is 24.6. The number of hydrogen-bond donors (Lipinski definition) is 5. The van der Waals surface area contributed by atoms with Crippen LogP contribution >= 0.6 is 11.6 Å². The van der Waals surface area contributed by atoms with E-state index in [4.69, 9.17) is 44.8 Å². The van der Waals surface area contributed by atoms with E-state index >= 15 is 0 Å². The number of imide groups is 2. The lowest BCUT2D eigenvalue weighted by Crippen LogP contribution is -2.54. The van der Waals surface area contributed by atoms with Gasteiger partial charge >= 0.3 is 0 Å². The van der Waals surface area contributed by atoms with E-state index in [1.165, 1.54) is 24.4 Å². The minimum absolute atomic E-state index is 0.0357. The first-order valence-corrected chi connectivity index (χ1v) is 36.5. The van der Waals surface area contributed by atoms with E-state index in [9.17, 15) is 47.3 Å². The first-order valence-electron chi connectivity index (χ1n) is 34.6. The molecule has 30 heteroatoms. The predicted octanol–water partition coefficient (Wildman–Crippen LogP) is 8.45. The molecule has 7 heterocycles. The molecule has 0 aliphatic carbocycles. The Bertz CT molecular complexity index is 4330. The molecule has 0 saturated carbocycles. The number of rotatable bonds is 33. The smallest absolute Gasteiger partial charge is 0.293 e. The fraction of sp³-hybridized carbons (Fsp3) is 0.411. The maximum atomic E-state index is 14.2. The SMILES string of the molecule is O=C1CCC(N2C(=O)c3cccc(NCCOCCOCCOCCOCCC(=O)N4CCC(COc5cccc(-c6ccc(Cl)cc6)c5CN5CCN(c6ccc(C(=O)NS(=O)(=O)c7ccc(NCC8CCOCC8)c([N+](=O)[O-])c7)c(Oc7cnc8[nH]ccc8c7)c6)CC5)CC4)c3C2=O)C(=O)N1. The third-order valence-electron chi connectivity index (χ3n) is 18.9. The number of anilines is 3. The number of hydrogen-bond acceptors (Lipinski definition) is 22. The molecule has 12 rings (SSSR count).